The van der Waals surface area contributed by atoms with Crippen molar-refractivity contribution in [1.29, 1.82) is 0 Å². The number of anilines is 3. The fraction of sp³-hybridized carbons (Fsp3) is 0.548. The van der Waals surface area contributed by atoms with Crippen LogP contribution in [0.25, 0.3) is 11.5 Å². The van der Waals surface area contributed by atoms with Crippen LogP contribution in [0.4, 0.5) is 22.0 Å². The van der Waals surface area contributed by atoms with Crippen LogP contribution in [0.3, 0.4) is 0 Å². The maximum absolute atomic E-state index is 12.4. The molecule has 12 nitrogen and oxygen atoms in total. The molecular formula is C31H40N8O4. The molecule has 7 heterocycles. The second-order valence-electron chi connectivity index (χ2n) is 12.7. The van der Waals surface area contributed by atoms with Gasteiger partial charge >= 0.3 is 6.09 Å². The first-order chi connectivity index (χ1) is 20.8. The van der Waals surface area contributed by atoms with Gasteiger partial charge in [0.2, 0.25) is 0 Å². The van der Waals surface area contributed by atoms with Crippen molar-refractivity contribution in [1.82, 2.24) is 29.7 Å². The van der Waals surface area contributed by atoms with E-state index in [1.165, 1.54) is 0 Å². The van der Waals surface area contributed by atoms with Gasteiger partial charge in [-0.3, -0.25) is 4.90 Å². The van der Waals surface area contributed by atoms with Crippen molar-refractivity contribution in [3.63, 3.8) is 0 Å². The number of ether oxygens (including phenoxy) is 3. The molecule has 3 saturated heterocycles. The van der Waals surface area contributed by atoms with E-state index in [0.29, 0.717) is 49.0 Å². The molecule has 1 amide bonds. The Morgan fingerprint density at radius 1 is 1.07 bits per heavy atom. The number of pyridine rings is 2. The molecule has 3 fully saturated rings. The van der Waals surface area contributed by atoms with E-state index in [1.807, 2.05) is 33.2 Å². The highest BCUT2D eigenvalue weighted by atomic mass is 16.6. The molecule has 0 aliphatic carbocycles. The van der Waals surface area contributed by atoms with E-state index in [4.69, 9.17) is 24.2 Å². The van der Waals surface area contributed by atoms with E-state index in [0.717, 1.165) is 80.6 Å². The number of piperidine rings is 1. The van der Waals surface area contributed by atoms with Crippen molar-refractivity contribution in [3.8, 4) is 17.3 Å². The Kier molecular flexibility index (Phi) is 7.34. The summed E-state index contributed by atoms with van der Waals surface area (Å²) >= 11 is 0. The predicted molar refractivity (Wildman–Crippen MR) is 162 cm³/mol. The van der Waals surface area contributed by atoms with E-state index >= 15 is 0 Å². The quantitative estimate of drug-likeness (QED) is 0.460. The minimum Gasteiger partial charge on any atom is -0.484 e. The Morgan fingerprint density at radius 2 is 1.86 bits per heavy atom. The number of nitrogens with one attached hydrogen (secondary N) is 2. The number of nitrogens with zero attached hydrogens (tertiary/aromatic N) is 6. The number of likely N-dealkylation sites (tertiary alicyclic amines) is 2. The van der Waals surface area contributed by atoms with E-state index in [9.17, 15) is 4.79 Å². The molecule has 0 aromatic carbocycles. The standard InChI is InChI=1S/C31H40N8O4/c1-31(2,3)43-30(40)39-17-21(18-39)37-10-5-20(6-11-37)23-16-24-27(26(35-23)29-33-8-9-34-29)42-19-22-25(4-7-32-28(22)36-24)38-12-14-41-15-13-38/h4,7-9,16,20-21H,5-6,10-15,17-19H2,1-3H3,(H,32,36)(H,33,34). The maximum Gasteiger partial charge on any atom is 0.410 e. The zero-order valence-electron chi connectivity index (χ0n) is 25.1. The Balaban J connectivity index is 1.09. The molecule has 0 saturated carbocycles. The van der Waals surface area contributed by atoms with Crippen LogP contribution in [0.5, 0.6) is 5.75 Å². The van der Waals surface area contributed by atoms with Gasteiger partial charge in [-0.1, -0.05) is 0 Å². The van der Waals surface area contributed by atoms with Gasteiger partial charge in [0.1, 0.15) is 23.7 Å². The van der Waals surface area contributed by atoms with Crippen molar-refractivity contribution in [3.05, 3.63) is 42.0 Å². The molecule has 4 aliphatic heterocycles. The van der Waals surface area contributed by atoms with Gasteiger partial charge in [-0.05, 0) is 58.8 Å². The molecule has 3 aromatic heterocycles. The highest BCUT2D eigenvalue weighted by Crippen LogP contribution is 2.43. The number of hydrogen-bond acceptors (Lipinski definition) is 10. The van der Waals surface area contributed by atoms with Crippen LogP contribution < -0.4 is 15.0 Å². The monoisotopic (exact) mass is 588 g/mol. The number of H-pyrrole nitrogens is 1. The SMILES string of the molecule is CC(C)(C)OC(=O)N1CC(N2CCC(c3cc4c(c(-c5ncc[nH]5)n3)OCc3c(N5CCOCC5)ccnc3N4)CC2)C1. The van der Waals surface area contributed by atoms with Crippen molar-refractivity contribution < 1.29 is 19.0 Å². The molecule has 4 aliphatic rings. The Hall–Kier alpha value is -3.90. The average Bonchev–Trinajstić information content (AvgIpc) is 3.43. The molecule has 0 atom stereocenters. The summed E-state index contributed by atoms with van der Waals surface area (Å²) in [6.07, 6.45) is 7.17. The number of fused-ring (bicyclic) bond motifs is 2. The first kappa shape index (κ1) is 27.9. The summed E-state index contributed by atoms with van der Waals surface area (Å²) in [5.41, 5.74) is 4.27. The third-order valence-electron chi connectivity index (χ3n) is 8.69. The largest absolute Gasteiger partial charge is 0.484 e. The molecule has 0 radical (unpaired) electrons. The third kappa shape index (κ3) is 5.73. The summed E-state index contributed by atoms with van der Waals surface area (Å²) in [5, 5.41) is 3.61. The molecule has 2 N–H and O–H groups in total. The van der Waals surface area contributed by atoms with Crippen LogP contribution in [0.2, 0.25) is 0 Å². The highest BCUT2D eigenvalue weighted by Gasteiger charge is 2.39. The fourth-order valence-corrected chi connectivity index (χ4v) is 6.38. The minimum absolute atomic E-state index is 0.221. The summed E-state index contributed by atoms with van der Waals surface area (Å²) in [5.74, 6) is 2.47. The molecule has 0 unspecified atom stereocenters. The summed E-state index contributed by atoms with van der Waals surface area (Å²) in [4.78, 5) is 36.7. The second-order valence-corrected chi connectivity index (χ2v) is 12.7. The zero-order chi connectivity index (χ0) is 29.6. The number of morpholine rings is 1. The Morgan fingerprint density at radius 3 is 2.58 bits per heavy atom. The first-order valence-corrected chi connectivity index (χ1v) is 15.3. The van der Waals surface area contributed by atoms with Crippen LogP contribution in [0.15, 0.2) is 30.7 Å². The van der Waals surface area contributed by atoms with Gasteiger partial charge in [-0.15, -0.1) is 0 Å². The lowest BCUT2D eigenvalue weighted by atomic mass is 9.90. The zero-order valence-corrected chi connectivity index (χ0v) is 25.1. The van der Waals surface area contributed by atoms with Gasteiger partial charge in [0.25, 0.3) is 0 Å². The number of rotatable bonds is 4. The summed E-state index contributed by atoms with van der Waals surface area (Å²) in [6.45, 7) is 12.6. The highest BCUT2D eigenvalue weighted by molar-refractivity contribution is 5.79. The third-order valence-corrected chi connectivity index (χ3v) is 8.69. The lowest BCUT2D eigenvalue weighted by molar-refractivity contribution is -0.0197. The van der Waals surface area contributed by atoms with Crippen molar-refractivity contribution in [2.24, 2.45) is 0 Å². The fourth-order valence-electron chi connectivity index (χ4n) is 6.38. The Labute approximate surface area is 251 Å². The van der Waals surface area contributed by atoms with Gasteiger partial charge in [-0.25, -0.2) is 19.7 Å². The number of aromatic nitrogens is 4. The molecule has 43 heavy (non-hydrogen) atoms. The molecule has 0 spiro atoms. The van der Waals surface area contributed by atoms with Gasteiger partial charge in [0.15, 0.2) is 11.6 Å². The number of hydrogen-bond donors (Lipinski definition) is 2. The van der Waals surface area contributed by atoms with Gasteiger partial charge in [0.05, 0.1) is 24.5 Å². The molecule has 3 aromatic rings. The van der Waals surface area contributed by atoms with Crippen LogP contribution in [0.1, 0.15) is 50.8 Å². The molecule has 7 rings (SSSR count). The van der Waals surface area contributed by atoms with Crippen molar-refractivity contribution in [2.75, 3.05) is 62.7 Å². The summed E-state index contributed by atoms with van der Waals surface area (Å²) in [7, 11) is 0. The number of amides is 1. The summed E-state index contributed by atoms with van der Waals surface area (Å²) in [6, 6.07) is 4.57. The number of imidazole rings is 1. The van der Waals surface area contributed by atoms with Gasteiger partial charge in [-0.2, -0.15) is 0 Å². The van der Waals surface area contributed by atoms with Crippen LogP contribution in [-0.2, 0) is 16.1 Å². The van der Waals surface area contributed by atoms with Gasteiger partial charge < -0.3 is 34.3 Å². The molecule has 12 heteroatoms. The minimum atomic E-state index is -0.473. The number of aromatic amines is 1. The normalized spacial score (nSPS) is 19.9. The average molecular weight is 589 g/mol. The van der Waals surface area contributed by atoms with E-state index in [1.54, 1.807) is 11.1 Å². The number of carbonyl (C=O) groups excluding carboxylic acids is 1. The second kappa shape index (κ2) is 11.3. The smallest absolute Gasteiger partial charge is 0.410 e. The molecule has 0 bridgehead atoms. The van der Waals surface area contributed by atoms with Crippen LogP contribution >= 0.6 is 0 Å². The summed E-state index contributed by atoms with van der Waals surface area (Å²) < 4.78 is 17.6. The van der Waals surface area contributed by atoms with E-state index in [2.05, 4.69) is 37.2 Å². The van der Waals surface area contributed by atoms with E-state index in [-0.39, 0.29) is 6.09 Å². The lowest BCUT2D eigenvalue weighted by Crippen LogP contribution is -2.62. The van der Waals surface area contributed by atoms with Crippen molar-refractivity contribution in [2.45, 2.75) is 57.8 Å². The van der Waals surface area contributed by atoms with Crippen molar-refractivity contribution >= 4 is 23.3 Å². The lowest BCUT2D eigenvalue weighted by Gasteiger charge is -2.47. The van der Waals surface area contributed by atoms with E-state index < -0.39 is 5.60 Å². The molecule has 228 valence electrons. The van der Waals surface area contributed by atoms with Crippen LogP contribution in [0, 0.1) is 0 Å². The first-order valence-electron chi connectivity index (χ1n) is 15.3. The van der Waals surface area contributed by atoms with Gasteiger partial charge in [0, 0.05) is 68.1 Å². The number of carbonyl (C=O) groups is 1. The predicted octanol–water partition coefficient (Wildman–Crippen LogP) is 4.14. The van der Waals surface area contributed by atoms with Crippen LogP contribution in [-0.4, -0.2) is 100.0 Å². The maximum atomic E-state index is 12.4. The molecular weight excluding hydrogens is 548 g/mol. The topological polar surface area (TPSA) is 121 Å². The Bertz CT molecular complexity index is 1450.